The molecule has 0 atom stereocenters. The predicted molar refractivity (Wildman–Crippen MR) is 82.0 cm³/mol. The highest BCUT2D eigenvalue weighted by molar-refractivity contribution is 9.10. The van der Waals surface area contributed by atoms with Gasteiger partial charge in [0.15, 0.2) is 0 Å². The molecule has 0 fully saturated rings. The molecule has 3 nitrogen and oxygen atoms in total. The number of benzene rings is 2. The standard InChI is InChI=1S/C16H12BrFO3/c1-10-9-11(17)5-7-14(10)21-15-4-2-3-13(18)12(15)6-8-16(19)20/h2-9H,1H3,(H,19,20)/b8-6+. The van der Waals surface area contributed by atoms with Crippen molar-refractivity contribution in [3.8, 4) is 11.5 Å². The van der Waals surface area contributed by atoms with Crippen LogP contribution in [0.2, 0.25) is 0 Å². The topological polar surface area (TPSA) is 46.5 Å². The van der Waals surface area contributed by atoms with Crippen molar-refractivity contribution >= 4 is 28.0 Å². The van der Waals surface area contributed by atoms with Gasteiger partial charge in [0.05, 0.1) is 5.56 Å². The number of ether oxygens (including phenoxy) is 1. The number of aliphatic carboxylic acids is 1. The van der Waals surface area contributed by atoms with Crippen molar-refractivity contribution in [2.45, 2.75) is 6.92 Å². The van der Waals surface area contributed by atoms with Gasteiger partial charge < -0.3 is 9.84 Å². The maximum absolute atomic E-state index is 13.8. The van der Waals surface area contributed by atoms with E-state index in [4.69, 9.17) is 9.84 Å². The Kier molecular flexibility index (Phi) is 4.75. The van der Waals surface area contributed by atoms with E-state index in [1.54, 1.807) is 12.1 Å². The Morgan fingerprint density at radius 1 is 1.29 bits per heavy atom. The normalized spacial score (nSPS) is 10.8. The van der Waals surface area contributed by atoms with Crippen LogP contribution >= 0.6 is 15.9 Å². The first-order chi connectivity index (χ1) is 9.97. The lowest BCUT2D eigenvalue weighted by atomic mass is 10.1. The lowest BCUT2D eigenvalue weighted by Gasteiger charge is -2.12. The molecule has 2 aromatic rings. The van der Waals surface area contributed by atoms with Crippen LogP contribution in [0.3, 0.4) is 0 Å². The van der Waals surface area contributed by atoms with Gasteiger partial charge in [0.25, 0.3) is 0 Å². The molecule has 0 aliphatic heterocycles. The maximum Gasteiger partial charge on any atom is 0.328 e. The number of carboxylic acid groups (broad SMARTS) is 1. The molecule has 0 aliphatic rings. The van der Waals surface area contributed by atoms with E-state index < -0.39 is 11.8 Å². The van der Waals surface area contributed by atoms with Crippen molar-refractivity contribution in [2.24, 2.45) is 0 Å². The molecule has 0 saturated heterocycles. The zero-order valence-corrected chi connectivity index (χ0v) is 12.7. The van der Waals surface area contributed by atoms with Crippen molar-refractivity contribution in [3.63, 3.8) is 0 Å². The molecule has 0 unspecified atom stereocenters. The van der Waals surface area contributed by atoms with Crippen LogP contribution in [0.15, 0.2) is 46.9 Å². The summed E-state index contributed by atoms with van der Waals surface area (Å²) in [7, 11) is 0. The molecule has 0 radical (unpaired) electrons. The van der Waals surface area contributed by atoms with Crippen molar-refractivity contribution in [2.75, 3.05) is 0 Å². The smallest absolute Gasteiger partial charge is 0.328 e. The zero-order chi connectivity index (χ0) is 15.4. The van der Waals surface area contributed by atoms with Crippen LogP contribution in [0.1, 0.15) is 11.1 Å². The third kappa shape index (κ3) is 3.92. The van der Waals surface area contributed by atoms with E-state index in [-0.39, 0.29) is 11.3 Å². The Balaban J connectivity index is 2.40. The summed E-state index contributed by atoms with van der Waals surface area (Å²) in [5.41, 5.74) is 0.976. The number of carbonyl (C=O) groups is 1. The van der Waals surface area contributed by atoms with Gasteiger partial charge in [0, 0.05) is 10.5 Å². The molecule has 0 bridgehead atoms. The van der Waals surface area contributed by atoms with Crippen LogP contribution in [0.5, 0.6) is 11.5 Å². The van der Waals surface area contributed by atoms with Crippen LogP contribution in [-0.2, 0) is 4.79 Å². The van der Waals surface area contributed by atoms with E-state index in [1.165, 1.54) is 18.2 Å². The van der Waals surface area contributed by atoms with E-state index in [9.17, 15) is 9.18 Å². The first kappa shape index (κ1) is 15.3. The first-order valence-electron chi connectivity index (χ1n) is 6.11. The van der Waals surface area contributed by atoms with Crippen LogP contribution in [-0.4, -0.2) is 11.1 Å². The lowest BCUT2D eigenvalue weighted by molar-refractivity contribution is -0.131. The molecular formula is C16H12BrFO3. The Bertz CT molecular complexity index is 711. The van der Waals surface area contributed by atoms with Crippen LogP contribution < -0.4 is 4.74 Å². The molecule has 21 heavy (non-hydrogen) atoms. The number of rotatable bonds is 4. The van der Waals surface area contributed by atoms with Gasteiger partial charge in [0.1, 0.15) is 17.3 Å². The second-order valence-electron chi connectivity index (χ2n) is 4.34. The van der Waals surface area contributed by atoms with Gasteiger partial charge in [-0.25, -0.2) is 9.18 Å². The van der Waals surface area contributed by atoms with Gasteiger partial charge >= 0.3 is 5.97 Å². The Morgan fingerprint density at radius 2 is 2.05 bits per heavy atom. The monoisotopic (exact) mass is 350 g/mol. The quantitative estimate of drug-likeness (QED) is 0.806. The molecule has 2 rings (SSSR count). The minimum Gasteiger partial charge on any atom is -0.478 e. The summed E-state index contributed by atoms with van der Waals surface area (Å²) in [6.07, 6.45) is 2.06. The summed E-state index contributed by atoms with van der Waals surface area (Å²) >= 11 is 3.36. The fraction of sp³-hybridized carbons (Fsp3) is 0.0625. The molecule has 108 valence electrons. The molecule has 0 saturated carbocycles. The summed E-state index contributed by atoms with van der Waals surface area (Å²) in [6.45, 7) is 1.87. The molecule has 1 N–H and O–H groups in total. The van der Waals surface area contributed by atoms with Crippen molar-refractivity contribution in [3.05, 3.63) is 63.9 Å². The fourth-order valence-corrected chi connectivity index (χ4v) is 2.24. The zero-order valence-electron chi connectivity index (χ0n) is 11.1. The number of hydrogen-bond donors (Lipinski definition) is 1. The minimum atomic E-state index is -1.15. The maximum atomic E-state index is 13.8. The molecule has 0 aliphatic carbocycles. The Morgan fingerprint density at radius 3 is 2.71 bits per heavy atom. The summed E-state index contributed by atoms with van der Waals surface area (Å²) < 4.78 is 20.5. The van der Waals surface area contributed by atoms with Gasteiger partial charge in [-0.3, -0.25) is 0 Å². The highest BCUT2D eigenvalue weighted by atomic mass is 79.9. The number of aryl methyl sites for hydroxylation is 1. The molecule has 5 heteroatoms. The van der Waals surface area contributed by atoms with Gasteiger partial charge in [-0.2, -0.15) is 0 Å². The molecular weight excluding hydrogens is 339 g/mol. The van der Waals surface area contributed by atoms with E-state index >= 15 is 0 Å². The van der Waals surface area contributed by atoms with Gasteiger partial charge in [-0.05, 0) is 48.9 Å². The minimum absolute atomic E-state index is 0.0993. The van der Waals surface area contributed by atoms with Gasteiger partial charge in [0.2, 0.25) is 0 Å². The number of hydrogen-bond acceptors (Lipinski definition) is 2. The SMILES string of the molecule is Cc1cc(Br)ccc1Oc1cccc(F)c1/C=C/C(=O)O. The van der Waals surface area contributed by atoms with Crippen LogP contribution in [0.4, 0.5) is 4.39 Å². The average Bonchev–Trinajstić information content (AvgIpc) is 2.41. The van der Waals surface area contributed by atoms with E-state index in [1.807, 2.05) is 19.1 Å². The highest BCUT2D eigenvalue weighted by Gasteiger charge is 2.10. The van der Waals surface area contributed by atoms with Crippen LogP contribution in [0.25, 0.3) is 6.08 Å². The summed E-state index contributed by atoms with van der Waals surface area (Å²) in [6, 6.07) is 9.80. The summed E-state index contributed by atoms with van der Waals surface area (Å²) in [5, 5.41) is 8.67. The van der Waals surface area contributed by atoms with Crippen molar-refractivity contribution < 1.29 is 19.0 Å². The molecule has 2 aromatic carbocycles. The van der Waals surface area contributed by atoms with E-state index in [0.29, 0.717) is 5.75 Å². The second kappa shape index (κ2) is 6.54. The molecule has 0 amide bonds. The predicted octanol–water partition coefficient (Wildman–Crippen LogP) is 4.79. The molecule has 0 spiro atoms. The highest BCUT2D eigenvalue weighted by Crippen LogP contribution is 2.31. The Labute approximate surface area is 129 Å². The number of halogens is 2. The summed E-state index contributed by atoms with van der Waals surface area (Å²) in [4.78, 5) is 10.6. The fourth-order valence-electron chi connectivity index (χ4n) is 1.77. The molecule has 0 heterocycles. The summed E-state index contributed by atoms with van der Waals surface area (Å²) in [5.74, 6) is -0.851. The number of carboxylic acids is 1. The van der Waals surface area contributed by atoms with E-state index in [2.05, 4.69) is 15.9 Å². The van der Waals surface area contributed by atoms with Crippen molar-refractivity contribution in [1.29, 1.82) is 0 Å². The lowest BCUT2D eigenvalue weighted by Crippen LogP contribution is -1.94. The first-order valence-corrected chi connectivity index (χ1v) is 6.90. The van der Waals surface area contributed by atoms with Gasteiger partial charge in [-0.1, -0.05) is 22.0 Å². The second-order valence-corrected chi connectivity index (χ2v) is 5.25. The Hall–Kier alpha value is -2.14. The van der Waals surface area contributed by atoms with Gasteiger partial charge in [-0.15, -0.1) is 0 Å². The van der Waals surface area contributed by atoms with E-state index in [0.717, 1.165) is 16.1 Å². The molecule has 0 aromatic heterocycles. The third-order valence-electron chi connectivity index (χ3n) is 2.76. The van der Waals surface area contributed by atoms with Crippen molar-refractivity contribution in [1.82, 2.24) is 0 Å². The average molecular weight is 351 g/mol. The van der Waals surface area contributed by atoms with Crippen LogP contribution in [0, 0.1) is 12.7 Å². The third-order valence-corrected chi connectivity index (χ3v) is 3.26. The largest absolute Gasteiger partial charge is 0.478 e.